The molecule has 1 fully saturated rings. The van der Waals surface area contributed by atoms with Gasteiger partial charge in [0.2, 0.25) is 0 Å². The van der Waals surface area contributed by atoms with Crippen molar-refractivity contribution >= 4 is 24.8 Å². The summed E-state index contributed by atoms with van der Waals surface area (Å²) in [7, 11) is 1.90. The Hall–Kier alpha value is 0.460. The molecule has 0 aliphatic carbocycles. The largest absolute Gasteiger partial charge is 0.247 e. The van der Waals surface area contributed by atoms with E-state index in [-0.39, 0.29) is 24.8 Å². The van der Waals surface area contributed by atoms with E-state index in [0.717, 1.165) is 0 Å². The molecule has 1 rings (SSSR count). The Morgan fingerprint density at radius 1 is 1.00 bits per heavy atom. The molecule has 11 heavy (non-hydrogen) atoms. The summed E-state index contributed by atoms with van der Waals surface area (Å²) in [5.41, 5.74) is 5.98. The molecule has 0 aromatic heterocycles. The normalized spacial score (nSPS) is 18.3. The van der Waals surface area contributed by atoms with Crippen LogP contribution in [0.5, 0.6) is 0 Å². The third-order valence-corrected chi connectivity index (χ3v) is 1.63. The number of rotatable bonds is 2. The summed E-state index contributed by atoms with van der Waals surface area (Å²) in [6, 6.07) is 0. The minimum atomic E-state index is 0. The maximum absolute atomic E-state index is 3.07. The number of hydrogen-bond acceptors (Lipinski definition) is 3. The molecule has 0 aromatic rings. The van der Waals surface area contributed by atoms with Gasteiger partial charge in [-0.25, -0.2) is 10.4 Å². The molecular formula is C6H17Cl2N3. The van der Waals surface area contributed by atoms with Gasteiger partial charge in [-0.1, -0.05) is 6.42 Å². The second-order valence-electron chi connectivity index (χ2n) is 2.41. The van der Waals surface area contributed by atoms with Crippen LogP contribution in [0.1, 0.15) is 19.3 Å². The highest BCUT2D eigenvalue weighted by molar-refractivity contribution is 5.85. The zero-order valence-electron chi connectivity index (χ0n) is 6.80. The van der Waals surface area contributed by atoms with E-state index in [1.54, 1.807) is 0 Å². The lowest BCUT2D eigenvalue weighted by Gasteiger charge is -2.26. The predicted molar refractivity (Wildman–Crippen MR) is 52.1 cm³/mol. The molecular weight excluding hydrogens is 185 g/mol. The summed E-state index contributed by atoms with van der Waals surface area (Å²) >= 11 is 0. The molecule has 0 radical (unpaired) electrons. The van der Waals surface area contributed by atoms with Crippen molar-refractivity contribution in [3.8, 4) is 0 Å². The molecule has 0 spiro atoms. The highest BCUT2D eigenvalue weighted by atomic mass is 35.5. The number of piperidine rings is 1. The lowest BCUT2D eigenvalue weighted by Crippen LogP contribution is -2.47. The number of nitrogens with zero attached hydrogens (tertiary/aromatic N) is 1. The van der Waals surface area contributed by atoms with Crippen molar-refractivity contribution in [2.45, 2.75) is 19.3 Å². The van der Waals surface area contributed by atoms with Gasteiger partial charge in [0.1, 0.15) is 0 Å². The van der Waals surface area contributed by atoms with Gasteiger partial charge in [-0.3, -0.25) is 0 Å². The first-order valence-electron chi connectivity index (χ1n) is 3.61. The van der Waals surface area contributed by atoms with Gasteiger partial charge in [0, 0.05) is 13.1 Å². The molecule has 1 heterocycles. The van der Waals surface area contributed by atoms with Crippen LogP contribution in [-0.2, 0) is 0 Å². The van der Waals surface area contributed by atoms with E-state index >= 15 is 0 Å². The van der Waals surface area contributed by atoms with Crippen LogP contribution < -0.4 is 11.0 Å². The van der Waals surface area contributed by atoms with Crippen LogP contribution >= 0.6 is 24.8 Å². The van der Waals surface area contributed by atoms with E-state index in [9.17, 15) is 0 Å². The van der Waals surface area contributed by atoms with Gasteiger partial charge in [-0.15, -0.1) is 24.8 Å². The second kappa shape index (κ2) is 8.56. The quantitative estimate of drug-likeness (QED) is 0.653. The summed E-state index contributed by atoms with van der Waals surface area (Å²) in [5.74, 6) is 0. The van der Waals surface area contributed by atoms with Crippen LogP contribution in [0.3, 0.4) is 0 Å². The Balaban J connectivity index is 0. The molecule has 70 valence electrons. The Bertz CT molecular complexity index is 73.5. The van der Waals surface area contributed by atoms with Crippen molar-refractivity contribution in [1.82, 2.24) is 16.0 Å². The molecule has 5 heteroatoms. The molecule has 0 aromatic carbocycles. The number of hydrogen-bond donors (Lipinski definition) is 2. The topological polar surface area (TPSA) is 27.3 Å². The third kappa shape index (κ3) is 5.70. The standard InChI is InChI=1S/C6H15N3.2ClH/c1-7-8-9-5-3-2-4-6-9;;/h7-8H,2-6H2,1H3;2*1H. The van der Waals surface area contributed by atoms with Gasteiger partial charge in [-0.2, -0.15) is 5.53 Å². The average molecular weight is 202 g/mol. The summed E-state index contributed by atoms with van der Waals surface area (Å²) in [6.45, 7) is 2.36. The molecule has 1 saturated heterocycles. The van der Waals surface area contributed by atoms with Gasteiger partial charge in [-0.05, 0) is 19.9 Å². The zero-order chi connectivity index (χ0) is 6.53. The predicted octanol–water partition coefficient (Wildman–Crippen LogP) is 0.955. The average Bonchev–Trinajstić information content (AvgIpc) is 1.91. The number of halogens is 2. The molecule has 2 N–H and O–H groups in total. The van der Waals surface area contributed by atoms with Gasteiger partial charge < -0.3 is 0 Å². The van der Waals surface area contributed by atoms with Crippen molar-refractivity contribution in [3.05, 3.63) is 0 Å². The summed E-state index contributed by atoms with van der Waals surface area (Å²) < 4.78 is 0. The Kier molecular flexibility index (Phi) is 10.9. The Morgan fingerprint density at radius 2 is 1.55 bits per heavy atom. The maximum atomic E-state index is 3.07. The van der Waals surface area contributed by atoms with Crippen LogP contribution in [0, 0.1) is 0 Å². The number of nitrogens with one attached hydrogen (secondary N) is 2. The monoisotopic (exact) mass is 201 g/mol. The first-order chi connectivity index (χ1) is 4.43. The summed E-state index contributed by atoms with van der Waals surface area (Å²) in [5, 5.41) is 2.21. The van der Waals surface area contributed by atoms with E-state index in [4.69, 9.17) is 0 Å². The van der Waals surface area contributed by atoms with Gasteiger partial charge in [0.25, 0.3) is 0 Å². The van der Waals surface area contributed by atoms with Crippen molar-refractivity contribution in [2.24, 2.45) is 0 Å². The minimum Gasteiger partial charge on any atom is -0.247 e. The van der Waals surface area contributed by atoms with Crippen molar-refractivity contribution in [1.29, 1.82) is 0 Å². The van der Waals surface area contributed by atoms with Crippen LogP contribution in [-0.4, -0.2) is 25.1 Å². The molecule has 3 nitrogen and oxygen atoms in total. The van der Waals surface area contributed by atoms with Gasteiger partial charge in [0.05, 0.1) is 0 Å². The smallest absolute Gasteiger partial charge is 0.0144 e. The highest BCUT2D eigenvalue weighted by Crippen LogP contribution is 2.04. The van der Waals surface area contributed by atoms with E-state index in [1.165, 1.54) is 32.4 Å². The summed E-state index contributed by atoms with van der Waals surface area (Å²) in [6.07, 6.45) is 4.05. The van der Waals surface area contributed by atoms with Crippen molar-refractivity contribution < 1.29 is 0 Å². The molecule has 1 aliphatic rings. The molecule has 0 saturated carbocycles. The molecule has 0 unspecified atom stereocenters. The fourth-order valence-corrected chi connectivity index (χ4v) is 1.16. The van der Waals surface area contributed by atoms with E-state index in [1.807, 2.05) is 7.05 Å². The zero-order valence-corrected chi connectivity index (χ0v) is 8.43. The third-order valence-electron chi connectivity index (χ3n) is 1.63. The van der Waals surface area contributed by atoms with Gasteiger partial charge >= 0.3 is 0 Å². The van der Waals surface area contributed by atoms with E-state index in [2.05, 4.69) is 16.0 Å². The van der Waals surface area contributed by atoms with Gasteiger partial charge in [0.15, 0.2) is 0 Å². The van der Waals surface area contributed by atoms with E-state index in [0.29, 0.717) is 0 Å². The lowest BCUT2D eigenvalue weighted by molar-refractivity contribution is 0.131. The second-order valence-corrected chi connectivity index (χ2v) is 2.41. The van der Waals surface area contributed by atoms with E-state index < -0.39 is 0 Å². The highest BCUT2D eigenvalue weighted by Gasteiger charge is 2.06. The first-order valence-corrected chi connectivity index (χ1v) is 3.61. The fourth-order valence-electron chi connectivity index (χ4n) is 1.16. The minimum absolute atomic E-state index is 0. The Labute approximate surface area is 80.7 Å². The first kappa shape index (κ1) is 14.0. The molecule has 0 atom stereocenters. The lowest BCUT2D eigenvalue weighted by atomic mass is 10.2. The molecule has 1 aliphatic heterocycles. The van der Waals surface area contributed by atoms with Crippen molar-refractivity contribution in [2.75, 3.05) is 20.1 Å². The molecule has 0 amide bonds. The number of hydrazine groups is 2. The van der Waals surface area contributed by atoms with Crippen LogP contribution in [0.2, 0.25) is 0 Å². The van der Waals surface area contributed by atoms with Crippen molar-refractivity contribution in [3.63, 3.8) is 0 Å². The summed E-state index contributed by atoms with van der Waals surface area (Å²) in [4.78, 5) is 0. The SMILES string of the molecule is CNNN1CCCCC1.Cl.Cl. The van der Waals surface area contributed by atoms with Crippen LogP contribution in [0.4, 0.5) is 0 Å². The van der Waals surface area contributed by atoms with Crippen LogP contribution in [0.15, 0.2) is 0 Å². The molecule has 0 bridgehead atoms. The van der Waals surface area contributed by atoms with Crippen LogP contribution in [0.25, 0.3) is 0 Å². The maximum Gasteiger partial charge on any atom is 0.0144 e. The Morgan fingerprint density at radius 3 is 2.00 bits per heavy atom. The fraction of sp³-hybridized carbons (Fsp3) is 1.00.